The second kappa shape index (κ2) is 11.3. The lowest BCUT2D eigenvalue weighted by molar-refractivity contribution is 0.0391. The minimum atomic E-state index is -3.43. The normalized spacial score (nSPS) is 14.7. The Balaban J connectivity index is 0.00000324. The number of carbonyl (C=O) groups excluding carboxylic acids is 1. The Morgan fingerprint density at radius 2 is 1.97 bits per heavy atom. The summed E-state index contributed by atoms with van der Waals surface area (Å²) >= 11 is 7.64. The van der Waals surface area contributed by atoms with Gasteiger partial charge in [-0.1, -0.05) is 35.9 Å². The van der Waals surface area contributed by atoms with Crippen molar-refractivity contribution in [3.05, 3.63) is 52.5 Å². The molecule has 0 unspecified atom stereocenters. The summed E-state index contributed by atoms with van der Waals surface area (Å²) in [6.07, 6.45) is 0. The van der Waals surface area contributed by atoms with Crippen LogP contribution >= 0.6 is 35.3 Å². The molecule has 2 aromatic carbocycles. The Morgan fingerprint density at radius 1 is 1.24 bits per heavy atom. The van der Waals surface area contributed by atoms with Gasteiger partial charge >= 0.3 is 0 Å². The number of aryl methyl sites for hydroxylation is 1. The van der Waals surface area contributed by atoms with E-state index in [1.807, 2.05) is 19.1 Å². The summed E-state index contributed by atoms with van der Waals surface area (Å²) < 4.78 is 31.1. The molecule has 0 bridgehead atoms. The number of benzene rings is 2. The number of ether oxygens (including phenoxy) is 1. The van der Waals surface area contributed by atoms with Gasteiger partial charge in [0.05, 0.1) is 34.1 Å². The number of rotatable bonds is 7. The number of amides is 1. The van der Waals surface area contributed by atoms with Crippen molar-refractivity contribution in [2.24, 2.45) is 0 Å². The fourth-order valence-electron chi connectivity index (χ4n) is 3.75. The third kappa shape index (κ3) is 5.90. The van der Waals surface area contributed by atoms with Crippen molar-refractivity contribution in [3.8, 4) is 0 Å². The van der Waals surface area contributed by atoms with Gasteiger partial charge in [0, 0.05) is 36.8 Å². The molecule has 3 aromatic rings. The van der Waals surface area contributed by atoms with Crippen LogP contribution < -0.4 is 4.90 Å². The van der Waals surface area contributed by atoms with Gasteiger partial charge in [-0.3, -0.25) is 14.6 Å². The second-order valence-corrected chi connectivity index (χ2v) is 11.6. The maximum atomic E-state index is 13.6. The molecule has 1 saturated heterocycles. The van der Waals surface area contributed by atoms with E-state index in [4.69, 9.17) is 21.3 Å². The van der Waals surface area contributed by atoms with E-state index in [0.717, 1.165) is 28.9 Å². The van der Waals surface area contributed by atoms with Crippen molar-refractivity contribution in [1.82, 2.24) is 9.88 Å². The number of thiazole rings is 1. The van der Waals surface area contributed by atoms with Crippen LogP contribution in [0.15, 0.2) is 41.3 Å². The van der Waals surface area contributed by atoms with Crippen molar-refractivity contribution < 1.29 is 17.9 Å². The Kier molecular flexibility index (Phi) is 8.94. The van der Waals surface area contributed by atoms with Gasteiger partial charge in [-0.05, 0) is 42.8 Å². The molecule has 1 aliphatic heterocycles. The molecule has 0 spiro atoms. The van der Waals surface area contributed by atoms with Crippen molar-refractivity contribution in [2.45, 2.75) is 18.7 Å². The van der Waals surface area contributed by atoms with Gasteiger partial charge in [0.2, 0.25) is 0 Å². The molecule has 184 valence electrons. The SMILES string of the molecule is CCS(=O)(=O)c1cccc(C(=O)N(CCN2CCOCC2)c2nc3c(C)cc(Cl)cc3s2)c1.Cl. The van der Waals surface area contributed by atoms with Crippen LogP contribution in [0.4, 0.5) is 5.13 Å². The molecule has 1 aromatic heterocycles. The first-order valence-corrected chi connectivity index (χ1v) is 13.6. The van der Waals surface area contributed by atoms with Gasteiger partial charge in [0.15, 0.2) is 15.0 Å². The topological polar surface area (TPSA) is 79.8 Å². The van der Waals surface area contributed by atoms with Crippen molar-refractivity contribution in [3.63, 3.8) is 0 Å². The molecule has 0 N–H and O–H groups in total. The zero-order valence-corrected chi connectivity index (χ0v) is 22.2. The number of fused-ring (bicyclic) bond motifs is 1. The van der Waals surface area contributed by atoms with E-state index in [1.165, 1.54) is 23.5 Å². The minimum absolute atomic E-state index is 0. The Hall–Kier alpha value is -1.75. The lowest BCUT2D eigenvalue weighted by atomic mass is 10.2. The van der Waals surface area contributed by atoms with Crippen LogP contribution in [0.1, 0.15) is 22.8 Å². The number of halogens is 2. The van der Waals surface area contributed by atoms with E-state index in [-0.39, 0.29) is 29.0 Å². The minimum Gasteiger partial charge on any atom is -0.379 e. The molecule has 1 amide bonds. The third-order valence-electron chi connectivity index (χ3n) is 5.68. The molecule has 0 radical (unpaired) electrons. The predicted molar refractivity (Wildman–Crippen MR) is 140 cm³/mol. The Bertz CT molecular complexity index is 1270. The highest BCUT2D eigenvalue weighted by Gasteiger charge is 2.24. The average molecular weight is 545 g/mol. The molecule has 1 fully saturated rings. The number of nitrogens with zero attached hydrogens (tertiary/aromatic N) is 3. The highest BCUT2D eigenvalue weighted by atomic mass is 35.5. The molecule has 0 aliphatic carbocycles. The first-order chi connectivity index (χ1) is 15.8. The zero-order chi connectivity index (χ0) is 23.6. The van der Waals surface area contributed by atoms with Gasteiger partial charge in [-0.25, -0.2) is 13.4 Å². The molecule has 2 heterocycles. The summed E-state index contributed by atoms with van der Waals surface area (Å²) in [5.41, 5.74) is 2.07. The van der Waals surface area contributed by atoms with Crippen molar-refractivity contribution >= 4 is 66.4 Å². The molecule has 4 rings (SSSR count). The Labute approximate surface area is 215 Å². The molecular formula is C23H27Cl2N3O4S2. The summed E-state index contributed by atoms with van der Waals surface area (Å²) in [6, 6.07) is 9.94. The van der Waals surface area contributed by atoms with Crippen LogP contribution in [0, 0.1) is 6.92 Å². The largest absolute Gasteiger partial charge is 0.379 e. The summed E-state index contributed by atoms with van der Waals surface area (Å²) in [7, 11) is -3.43. The van der Waals surface area contributed by atoms with E-state index in [9.17, 15) is 13.2 Å². The lowest BCUT2D eigenvalue weighted by Gasteiger charge is -2.29. The highest BCUT2D eigenvalue weighted by Crippen LogP contribution is 2.33. The number of hydrogen-bond acceptors (Lipinski definition) is 7. The van der Waals surface area contributed by atoms with Gasteiger partial charge in [0.25, 0.3) is 5.91 Å². The summed E-state index contributed by atoms with van der Waals surface area (Å²) in [6.45, 7) is 7.58. The van der Waals surface area contributed by atoms with E-state index in [1.54, 1.807) is 24.0 Å². The standard InChI is InChI=1S/C23H26ClN3O4S2.ClH/c1-3-33(29,30)19-6-4-5-17(14-19)22(28)27(8-7-26-9-11-31-12-10-26)23-25-21-16(2)13-18(24)15-20(21)32-23;/h4-6,13-15H,3,7-12H2,1-2H3;1H. The van der Waals surface area contributed by atoms with E-state index in [2.05, 4.69) is 4.90 Å². The van der Waals surface area contributed by atoms with Crippen molar-refractivity contribution in [2.75, 3.05) is 50.0 Å². The number of hydrogen-bond donors (Lipinski definition) is 0. The average Bonchev–Trinajstić information content (AvgIpc) is 3.24. The maximum absolute atomic E-state index is 13.6. The molecule has 0 atom stereocenters. The van der Waals surface area contributed by atoms with Crippen LogP contribution in [-0.4, -0.2) is 69.4 Å². The fourth-order valence-corrected chi connectivity index (χ4v) is 6.12. The summed E-state index contributed by atoms with van der Waals surface area (Å²) in [4.78, 5) is 22.4. The number of carbonyl (C=O) groups is 1. The van der Waals surface area contributed by atoms with Gasteiger partial charge in [-0.2, -0.15) is 0 Å². The fraction of sp³-hybridized carbons (Fsp3) is 0.391. The van der Waals surface area contributed by atoms with Gasteiger partial charge in [0.1, 0.15) is 0 Å². The Morgan fingerprint density at radius 3 is 2.68 bits per heavy atom. The summed E-state index contributed by atoms with van der Waals surface area (Å²) in [5.74, 6) is -0.303. The van der Waals surface area contributed by atoms with E-state index in [0.29, 0.717) is 42.0 Å². The monoisotopic (exact) mass is 543 g/mol. The van der Waals surface area contributed by atoms with Gasteiger partial charge < -0.3 is 4.74 Å². The lowest BCUT2D eigenvalue weighted by Crippen LogP contribution is -2.43. The second-order valence-electron chi connectivity index (χ2n) is 7.91. The highest BCUT2D eigenvalue weighted by molar-refractivity contribution is 7.91. The molecule has 11 heteroatoms. The van der Waals surface area contributed by atoms with Crippen LogP contribution in [-0.2, 0) is 14.6 Å². The molecule has 1 aliphatic rings. The van der Waals surface area contributed by atoms with E-state index >= 15 is 0 Å². The third-order valence-corrected chi connectivity index (χ3v) is 8.65. The molecule has 34 heavy (non-hydrogen) atoms. The first kappa shape index (κ1) is 26.8. The number of aromatic nitrogens is 1. The molecule has 0 saturated carbocycles. The summed E-state index contributed by atoms with van der Waals surface area (Å²) in [5, 5.41) is 1.19. The van der Waals surface area contributed by atoms with Crippen LogP contribution in [0.25, 0.3) is 10.2 Å². The molecule has 7 nitrogen and oxygen atoms in total. The van der Waals surface area contributed by atoms with Crippen LogP contribution in [0.3, 0.4) is 0 Å². The van der Waals surface area contributed by atoms with E-state index < -0.39 is 9.84 Å². The predicted octanol–water partition coefficient (Wildman–Crippen LogP) is 4.45. The number of anilines is 1. The quantitative estimate of drug-likeness (QED) is 0.437. The first-order valence-electron chi connectivity index (χ1n) is 10.8. The van der Waals surface area contributed by atoms with Crippen molar-refractivity contribution in [1.29, 1.82) is 0 Å². The zero-order valence-electron chi connectivity index (χ0n) is 19.0. The maximum Gasteiger partial charge on any atom is 0.260 e. The van der Waals surface area contributed by atoms with Gasteiger partial charge in [-0.15, -0.1) is 12.4 Å². The van der Waals surface area contributed by atoms with Crippen LogP contribution in [0.2, 0.25) is 5.02 Å². The number of morpholine rings is 1. The number of sulfone groups is 1. The molecular weight excluding hydrogens is 517 g/mol. The smallest absolute Gasteiger partial charge is 0.260 e. The van der Waals surface area contributed by atoms with Crippen LogP contribution in [0.5, 0.6) is 0 Å².